The van der Waals surface area contributed by atoms with Gasteiger partial charge in [0.25, 0.3) is 0 Å². The van der Waals surface area contributed by atoms with Crippen molar-refractivity contribution in [1.29, 1.82) is 0 Å². The van der Waals surface area contributed by atoms with E-state index in [9.17, 15) is 4.79 Å². The van der Waals surface area contributed by atoms with Gasteiger partial charge in [-0.05, 0) is 31.4 Å². The van der Waals surface area contributed by atoms with Crippen molar-refractivity contribution in [3.63, 3.8) is 0 Å². The largest absolute Gasteiger partial charge is 0.292 e. The zero-order valence-electron chi connectivity index (χ0n) is 7.88. The first-order valence-electron chi connectivity index (χ1n) is 4.08. The molecule has 0 aliphatic rings. The number of hydrogen-bond donors (Lipinski definition) is 0. The Morgan fingerprint density at radius 2 is 2.21 bits per heavy atom. The quantitative estimate of drug-likeness (QED) is 0.476. The summed E-state index contributed by atoms with van der Waals surface area (Å²) >= 11 is 10.7. The average molecular weight is 294 g/mol. The second-order valence-corrected chi connectivity index (χ2v) is 5.24. The lowest BCUT2D eigenvalue weighted by molar-refractivity contribution is 0.0989. The van der Waals surface area contributed by atoms with Gasteiger partial charge in [0.15, 0.2) is 5.78 Å². The SMILES string of the molecule is CSc1cc(Br)ccc1C(=O)C(C)Cl. The van der Waals surface area contributed by atoms with Crippen molar-refractivity contribution >= 4 is 45.1 Å². The molecule has 1 nitrogen and oxygen atoms in total. The van der Waals surface area contributed by atoms with Crippen LogP contribution in [-0.4, -0.2) is 17.4 Å². The summed E-state index contributed by atoms with van der Waals surface area (Å²) in [7, 11) is 0. The number of ketones is 1. The number of Topliss-reactive ketones (excluding diaryl/α,β-unsaturated/α-hetero) is 1. The third kappa shape index (κ3) is 2.75. The molecule has 0 aromatic heterocycles. The van der Waals surface area contributed by atoms with E-state index in [1.165, 1.54) is 0 Å². The second-order valence-electron chi connectivity index (χ2n) is 2.82. The van der Waals surface area contributed by atoms with Crippen LogP contribution in [0.15, 0.2) is 27.6 Å². The Balaban J connectivity index is 3.14. The lowest BCUT2D eigenvalue weighted by Gasteiger charge is -2.07. The molecule has 1 unspecified atom stereocenters. The maximum atomic E-state index is 11.7. The van der Waals surface area contributed by atoms with Crippen LogP contribution in [0.4, 0.5) is 0 Å². The minimum Gasteiger partial charge on any atom is -0.292 e. The highest BCUT2D eigenvalue weighted by Crippen LogP contribution is 2.26. The predicted octanol–water partition coefficient (Wildman–Crippen LogP) is 3.98. The van der Waals surface area contributed by atoms with E-state index in [2.05, 4.69) is 15.9 Å². The summed E-state index contributed by atoms with van der Waals surface area (Å²) in [5, 5.41) is -0.470. The molecule has 4 heteroatoms. The molecule has 0 saturated carbocycles. The number of carbonyl (C=O) groups excluding carboxylic acids is 1. The number of halogens is 2. The van der Waals surface area contributed by atoms with Gasteiger partial charge < -0.3 is 0 Å². The maximum absolute atomic E-state index is 11.7. The Kier molecular flexibility index (Phi) is 4.48. The molecule has 1 atom stereocenters. The van der Waals surface area contributed by atoms with Crippen LogP contribution in [0.5, 0.6) is 0 Å². The lowest BCUT2D eigenvalue weighted by atomic mass is 10.1. The van der Waals surface area contributed by atoms with Crippen molar-refractivity contribution in [2.45, 2.75) is 17.2 Å². The third-order valence-electron chi connectivity index (χ3n) is 1.79. The molecule has 0 spiro atoms. The van der Waals surface area contributed by atoms with E-state index >= 15 is 0 Å². The molecule has 0 aliphatic carbocycles. The summed E-state index contributed by atoms with van der Waals surface area (Å²) in [6.07, 6.45) is 1.94. The number of hydrogen-bond acceptors (Lipinski definition) is 2. The van der Waals surface area contributed by atoms with Gasteiger partial charge in [0.1, 0.15) is 0 Å². The molecule has 0 N–H and O–H groups in total. The van der Waals surface area contributed by atoms with Gasteiger partial charge in [0, 0.05) is 14.9 Å². The van der Waals surface area contributed by atoms with Crippen LogP contribution in [-0.2, 0) is 0 Å². The van der Waals surface area contributed by atoms with Crippen LogP contribution in [0.2, 0.25) is 0 Å². The van der Waals surface area contributed by atoms with Gasteiger partial charge in [0.2, 0.25) is 0 Å². The van der Waals surface area contributed by atoms with E-state index in [-0.39, 0.29) is 5.78 Å². The molecule has 0 heterocycles. The second kappa shape index (κ2) is 5.19. The molecule has 76 valence electrons. The first kappa shape index (κ1) is 12.1. The fourth-order valence-electron chi connectivity index (χ4n) is 1.08. The van der Waals surface area contributed by atoms with Crippen molar-refractivity contribution < 1.29 is 4.79 Å². The van der Waals surface area contributed by atoms with Crippen molar-refractivity contribution in [1.82, 2.24) is 0 Å². The van der Waals surface area contributed by atoms with Gasteiger partial charge in [-0.3, -0.25) is 4.79 Å². The molecule has 1 rings (SSSR count). The molecule has 0 fully saturated rings. The molecule has 14 heavy (non-hydrogen) atoms. The van der Waals surface area contributed by atoms with Crippen molar-refractivity contribution in [2.24, 2.45) is 0 Å². The Hall–Kier alpha value is 0.01000. The highest BCUT2D eigenvalue weighted by Gasteiger charge is 2.15. The molecule has 1 aromatic rings. The Bertz CT molecular complexity index is 352. The van der Waals surface area contributed by atoms with E-state index in [4.69, 9.17) is 11.6 Å². The zero-order valence-corrected chi connectivity index (χ0v) is 11.0. The molecule has 0 bridgehead atoms. The average Bonchev–Trinajstić information content (AvgIpc) is 2.16. The number of carbonyl (C=O) groups is 1. The molecular weight excluding hydrogens is 284 g/mol. The van der Waals surface area contributed by atoms with Crippen LogP contribution < -0.4 is 0 Å². The van der Waals surface area contributed by atoms with Gasteiger partial charge in [-0.15, -0.1) is 23.4 Å². The first-order valence-corrected chi connectivity index (χ1v) is 6.53. The number of alkyl halides is 1. The predicted molar refractivity (Wildman–Crippen MR) is 65.6 cm³/mol. The molecular formula is C10H10BrClOS. The van der Waals surface area contributed by atoms with Gasteiger partial charge in [-0.1, -0.05) is 15.9 Å². The van der Waals surface area contributed by atoms with Crippen LogP contribution in [0.3, 0.4) is 0 Å². The standard InChI is InChI=1S/C10H10BrClOS/c1-6(12)10(13)8-4-3-7(11)5-9(8)14-2/h3-6H,1-2H3. The van der Waals surface area contributed by atoms with Crippen LogP contribution in [0, 0.1) is 0 Å². The maximum Gasteiger partial charge on any atom is 0.181 e. The van der Waals surface area contributed by atoms with Crippen LogP contribution >= 0.6 is 39.3 Å². The zero-order chi connectivity index (χ0) is 10.7. The molecule has 0 aliphatic heterocycles. The summed E-state index contributed by atoms with van der Waals surface area (Å²) in [6, 6.07) is 5.58. The van der Waals surface area contributed by atoms with Crippen molar-refractivity contribution in [3.8, 4) is 0 Å². The van der Waals surface area contributed by atoms with E-state index in [0.29, 0.717) is 5.56 Å². The lowest BCUT2D eigenvalue weighted by Crippen LogP contribution is -2.11. The normalized spacial score (nSPS) is 12.6. The third-order valence-corrected chi connectivity index (χ3v) is 3.26. The molecule has 0 amide bonds. The highest BCUT2D eigenvalue weighted by molar-refractivity contribution is 9.10. The van der Waals surface area contributed by atoms with Gasteiger partial charge in [0.05, 0.1) is 5.38 Å². The van der Waals surface area contributed by atoms with Gasteiger partial charge in [-0.2, -0.15) is 0 Å². The first-order chi connectivity index (χ1) is 6.56. The summed E-state index contributed by atoms with van der Waals surface area (Å²) in [4.78, 5) is 12.6. The van der Waals surface area contributed by atoms with E-state index < -0.39 is 5.38 Å². The summed E-state index contributed by atoms with van der Waals surface area (Å²) < 4.78 is 0.973. The topological polar surface area (TPSA) is 17.1 Å². The number of thioether (sulfide) groups is 1. The Labute approximate surface area is 101 Å². The van der Waals surface area contributed by atoms with Crippen molar-refractivity contribution in [2.75, 3.05) is 6.26 Å². The van der Waals surface area contributed by atoms with Gasteiger partial charge in [-0.25, -0.2) is 0 Å². The minimum atomic E-state index is -0.470. The number of benzene rings is 1. The van der Waals surface area contributed by atoms with E-state index in [1.807, 2.05) is 18.4 Å². The Morgan fingerprint density at radius 1 is 1.57 bits per heavy atom. The van der Waals surface area contributed by atoms with Gasteiger partial charge >= 0.3 is 0 Å². The van der Waals surface area contributed by atoms with Crippen LogP contribution in [0.25, 0.3) is 0 Å². The smallest absolute Gasteiger partial charge is 0.181 e. The Morgan fingerprint density at radius 3 is 2.71 bits per heavy atom. The van der Waals surface area contributed by atoms with Crippen molar-refractivity contribution in [3.05, 3.63) is 28.2 Å². The monoisotopic (exact) mass is 292 g/mol. The fraction of sp³-hybridized carbons (Fsp3) is 0.300. The van der Waals surface area contributed by atoms with E-state index in [1.54, 1.807) is 24.8 Å². The summed E-state index contributed by atoms with van der Waals surface area (Å²) in [5.41, 5.74) is 0.697. The molecule has 1 aromatic carbocycles. The fourth-order valence-corrected chi connectivity index (χ4v) is 2.35. The van der Waals surface area contributed by atoms with E-state index in [0.717, 1.165) is 9.37 Å². The summed E-state index contributed by atoms with van der Waals surface area (Å²) in [5.74, 6) is -0.0245. The van der Waals surface area contributed by atoms with Crippen LogP contribution in [0.1, 0.15) is 17.3 Å². The molecule has 0 radical (unpaired) electrons. The number of rotatable bonds is 3. The minimum absolute atomic E-state index is 0.0245. The molecule has 0 saturated heterocycles. The summed E-state index contributed by atoms with van der Waals surface area (Å²) in [6.45, 7) is 1.69. The highest BCUT2D eigenvalue weighted by atomic mass is 79.9.